The first kappa shape index (κ1) is 47.6. The Morgan fingerprint density at radius 2 is 1.69 bits per heavy atom. The summed E-state index contributed by atoms with van der Waals surface area (Å²) in [6, 6.07) is 9.53. The van der Waals surface area contributed by atoms with Crippen molar-refractivity contribution in [2.45, 2.75) is 108 Å². The Morgan fingerprint density at radius 1 is 0.892 bits per heavy atom. The third-order valence-electron chi connectivity index (χ3n) is 18.2. The second-order valence-electron chi connectivity index (χ2n) is 22.8. The number of carbonyl (C=O) groups is 2. The fraction of sp³-hybridized carbons (Fsp3) is 0.536. The molecular formula is C56H63F3N10O5. The summed E-state index contributed by atoms with van der Waals surface area (Å²) in [6.45, 7) is 9.60. The summed E-state index contributed by atoms with van der Waals surface area (Å²) in [4.78, 5) is 47.6. The molecule has 2 saturated carbocycles. The Hall–Kier alpha value is -6.11. The van der Waals surface area contributed by atoms with Crippen LogP contribution in [0, 0.1) is 28.3 Å². The highest BCUT2D eigenvalue weighted by atomic mass is 19.1. The van der Waals surface area contributed by atoms with Gasteiger partial charge in [-0.25, -0.2) is 18.0 Å². The first-order chi connectivity index (χ1) is 35.8. The largest absolute Gasteiger partial charge is 0.508 e. The van der Waals surface area contributed by atoms with Crippen LogP contribution in [-0.4, -0.2) is 129 Å². The number of amides is 3. The number of urea groups is 1. The van der Waals surface area contributed by atoms with E-state index in [0.29, 0.717) is 69.9 Å². The van der Waals surface area contributed by atoms with Crippen LogP contribution in [0.2, 0.25) is 0 Å². The van der Waals surface area contributed by atoms with E-state index in [0.717, 1.165) is 128 Å². The number of benzene rings is 3. The molecule has 5 saturated heterocycles. The number of aromatic hydroxyl groups is 1. The fourth-order valence-electron chi connectivity index (χ4n) is 13.7. The van der Waals surface area contributed by atoms with Gasteiger partial charge in [-0.2, -0.15) is 15.1 Å². The molecule has 3 amide bonds. The molecule has 15 nitrogen and oxygen atoms in total. The topological polar surface area (TPSA) is 154 Å². The number of halogens is 3. The minimum Gasteiger partial charge on any atom is -0.508 e. The smallest absolute Gasteiger partial charge is 0.329 e. The standard InChI is InChI=1S/C56H63F3N10O5/c1-3-37-42(57)6-5-33-23-36(70)24-40(46(33)37)48-47(59)49-41(29-60-48)50(68-16-4-10-56(31-68)15-22-74-56)63-52(62-49)73-32-55(11-12-55)30-66-17-7-35(8-18-66)67-20-13-54(14-21-67)27-34(28-54)38-26-44-39(25-43(38)58)51(64-65(44)2)69-19-9-45(71)61-53(69)72/h5-6,23-26,29,34-35,70H,3-4,7-22,27-28,30-32H2,1-2H3,(H,61,71,72)/t56-/m0/s1. The number of carbonyl (C=O) groups excluding carboxylic acids is 2. The Bertz CT molecular complexity index is 3240. The number of anilines is 2. The van der Waals surface area contributed by atoms with Gasteiger partial charge in [-0.15, -0.1) is 0 Å². The van der Waals surface area contributed by atoms with Crippen molar-refractivity contribution >= 4 is 56.2 Å². The number of likely N-dealkylation sites (tertiary alicyclic amines) is 2. The minimum absolute atomic E-state index is 0.0224. The van der Waals surface area contributed by atoms with Gasteiger partial charge in [0.05, 0.1) is 29.7 Å². The molecule has 7 fully saturated rings. The number of rotatable bonds is 11. The van der Waals surface area contributed by atoms with Gasteiger partial charge in [0.1, 0.15) is 34.4 Å². The molecule has 74 heavy (non-hydrogen) atoms. The van der Waals surface area contributed by atoms with Crippen molar-refractivity contribution < 1.29 is 37.3 Å². The molecule has 8 heterocycles. The van der Waals surface area contributed by atoms with E-state index in [1.165, 1.54) is 23.1 Å². The second-order valence-corrected chi connectivity index (χ2v) is 22.8. The number of hydrogen-bond acceptors (Lipinski definition) is 12. The van der Waals surface area contributed by atoms with Gasteiger partial charge >= 0.3 is 12.0 Å². The molecule has 18 heteroatoms. The molecule has 7 aliphatic rings. The highest BCUT2D eigenvalue weighted by molar-refractivity contribution is 6.09. The Balaban J connectivity index is 0.657. The Labute approximate surface area is 427 Å². The molecule has 6 aromatic rings. The van der Waals surface area contributed by atoms with Crippen molar-refractivity contribution in [1.82, 2.24) is 39.8 Å². The molecule has 5 aliphatic heterocycles. The van der Waals surface area contributed by atoms with E-state index in [2.05, 4.69) is 30.1 Å². The maximum atomic E-state index is 17.3. The molecule has 3 aromatic heterocycles. The minimum atomic E-state index is -0.677. The predicted molar refractivity (Wildman–Crippen MR) is 274 cm³/mol. The zero-order valence-corrected chi connectivity index (χ0v) is 42.2. The number of ether oxygens (including phenoxy) is 2. The van der Waals surface area contributed by atoms with E-state index >= 15 is 13.2 Å². The van der Waals surface area contributed by atoms with E-state index in [1.54, 1.807) is 23.0 Å². The van der Waals surface area contributed by atoms with Crippen LogP contribution < -0.4 is 19.9 Å². The molecule has 13 rings (SSSR count). The molecule has 0 bridgehead atoms. The maximum Gasteiger partial charge on any atom is 0.329 e. The van der Waals surface area contributed by atoms with Crippen molar-refractivity contribution in [3.05, 3.63) is 71.2 Å². The molecule has 1 atom stereocenters. The lowest BCUT2D eigenvalue weighted by Gasteiger charge is -2.54. The first-order valence-electron chi connectivity index (χ1n) is 26.8. The molecule has 0 radical (unpaired) electrons. The van der Waals surface area contributed by atoms with Crippen LogP contribution in [0.3, 0.4) is 0 Å². The highest BCUT2D eigenvalue weighted by Gasteiger charge is 2.49. The number of nitrogens with one attached hydrogen (secondary N) is 1. The summed E-state index contributed by atoms with van der Waals surface area (Å²) in [7, 11) is 1.81. The molecule has 2 N–H and O–H groups in total. The van der Waals surface area contributed by atoms with E-state index in [1.807, 2.05) is 20.0 Å². The number of phenols is 1. The summed E-state index contributed by atoms with van der Waals surface area (Å²) < 4.78 is 62.7. The summed E-state index contributed by atoms with van der Waals surface area (Å²) in [5.74, 6) is -0.656. The van der Waals surface area contributed by atoms with E-state index in [4.69, 9.17) is 19.4 Å². The van der Waals surface area contributed by atoms with Crippen molar-refractivity contribution in [2.24, 2.45) is 17.9 Å². The van der Waals surface area contributed by atoms with E-state index in [-0.39, 0.29) is 70.0 Å². The van der Waals surface area contributed by atoms with Gasteiger partial charge < -0.3 is 29.3 Å². The number of piperidine rings is 3. The summed E-state index contributed by atoms with van der Waals surface area (Å²) in [5, 5.41) is 19.8. The van der Waals surface area contributed by atoms with Gasteiger partial charge in [0.2, 0.25) is 5.91 Å². The Kier molecular flexibility index (Phi) is 11.6. The highest BCUT2D eigenvalue weighted by Crippen LogP contribution is 2.58. The second kappa shape index (κ2) is 18.0. The number of fused-ring (bicyclic) bond motifs is 3. The summed E-state index contributed by atoms with van der Waals surface area (Å²) in [5.41, 5.74) is 2.21. The maximum absolute atomic E-state index is 17.3. The van der Waals surface area contributed by atoms with Gasteiger partial charge in [-0.05, 0) is 160 Å². The van der Waals surface area contributed by atoms with Crippen molar-refractivity contribution in [3.8, 4) is 23.0 Å². The lowest BCUT2D eigenvalue weighted by Crippen LogP contribution is -2.56. The number of pyridine rings is 1. The normalized spacial score (nSPS) is 23.5. The van der Waals surface area contributed by atoms with Crippen LogP contribution in [0.5, 0.6) is 11.8 Å². The number of nitrogens with zero attached hydrogens (tertiary/aromatic N) is 9. The van der Waals surface area contributed by atoms with E-state index in [9.17, 15) is 14.7 Å². The van der Waals surface area contributed by atoms with Crippen LogP contribution in [-0.2, 0) is 23.0 Å². The van der Waals surface area contributed by atoms with Gasteiger partial charge in [-0.1, -0.05) is 13.0 Å². The summed E-state index contributed by atoms with van der Waals surface area (Å²) in [6.07, 6.45) is 13.4. The first-order valence-corrected chi connectivity index (χ1v) is 26.8. The lowest BCUT2D eigenvalue weighted by molar-refractivity contribution is -0.151. The number of hydrogen-bond donors (Lipinski definition) is 2. The zero-order valence-electron chi connectivity index (χ0n) is 42.2. The molecule has 2 aliphatic carbocycles. The number of phenolic OH excluding ortho intramolecular Hbond substituents is 1. The number of imide groups is 1. The molecule has 388 valence electrons. The third kappa shape index (κ3) is 8.29. The van der Waals surface area contributed by atoms with Crippen LogP contribution in [0.15, 0.2) is 42.6 Å². The number of aryl methyl sites for hydroxylation is 2. The molecule has 3 aromatic carbocycles. The van der Waals surface area contributed by atoms with Gasteiger partial charge in [0.25, 0.3) is 0 Å². The van der Waals surface area contributed by atoms with Crippen LogP contribution >= 0.6 is 0 Å². The fourth-order valence-corrected chi connectivity index (χ4v) is 13.7. The number of aromatic nitrogens is 5. The SMILES string of the molecule is CCc1c(F)ccc2cc(O)cc(-c3ncc4c(N5CCC[C@]6(CCO6)C5)nc(OCC5(CN6CCC(N7CCC8(CC7)CC(c7cc9c(cc7F)c(N7CCC(=O)NC7=O)nn9C)C8)CC6)CC5)nc4c3F)c12. The van der Waals surface area contributed by atoms with Crippen LogP contribution in [0.4, 0.5) is 29.6 Å². The average Bonchev–Trinajstić information content (AvgIpc) is 4.08. The molecule has 2 spiro atoms. The van der Waals surface area contributed by atoms with Crippen LogP contribution in [0.25, 0.3) is 43.8 Å². The van der Waals surface area contributed by atoms with E-state index < -0.39 is 17.7 Å². The van der Waals surface area contributed by atoms with Crippen molar-refractivity contribution in [2.75, 3.05) is 75.4 Å². The quantitative estimate of drug-likeness (QED) is 0.127. The van der Waals surface area contributed by atoms with Gasteiger partial charge in [-0.3, -0.25) is 24.7 Å². The monoisotopic (exact) mass is 1010 g/mol. The third-order valence-corrected chi connectivity index (χ3v) is 18.2. The molecular weight excluding hydrogens is 950 g/mol. The lowest BCUT2D eigenvalue weighted by atomic mass is 9.56. The average molecular weight is 1010 g/mol. The molecule has 0 unspecified atom stereocenters. The Morgan fingerprint density at radius 3 is 2.42 bits per heavy atom. The van der Waals surface area contributed by atoms with Crippen molar-refractivity contribution in [1.29, 1.82) is 0 Å². The zero-order chi connectivity index (χ0) is 50.7. The van der Waals surface area contributed by atoms with Gasteiger partial charge in [0.15, 0.2) is 11.6 Å². The summed E-state index contributed by atoms with van der Waals surface area (Å²) >= 11 is 0. The van der Waals surface area contributed by atoms with Gasteiger partial charge in [0, 0.05) is 74.7 Å². The van der Waals surface area contributed by atoms with Crippen LogP contribution in [0.1, 0.15) is 101 Å². The predicted octanol–water partition coefficient (Wildman–Crippen LogP) is 8.91. The van der Waals surface area contributed by atoms with Crippen molar-refractivity contribution in [3.63, 3.8) is 0 Å².